The first kappa shape index (κ1) is 14.0. The summed E-state index contributed by atoms with van der Waals surface area (Å²) in [4.78, 5) is 0.344. The second kappa shape index (κ2) is 6.12. The molecular formula is C14H11BrFNOS. The van der Waals surface area contributed by atoms with Gasteiger partial charge in [0.15, 0.2) is 0 Å². The first-order valence-electron chi connectivity index (χ1n) is 5.53. The van der Waals surface area contributed by atoms with Crippen LogP contribution >= 0.6 is 28.1 Å². The van der Waals surface area contributed by atoms with Crippen LogP contribution in [0.25, 0.3) is 0 Å². The molecule has 2 rings (SSSR count). The molecule has 0 heterocycles. The van der Waals surface area contributed by atoms with E-state index >= 15 is 0 Å². The molecule has 0 aliphatic rings. The van der Waals surface area contributed by atoms with Crippen molar-refractivity contribution in [2.24, 2.45) is 5.73 Å². The maximum absolute atomic E-state index is 13.3. The lowest BCUT2D eigenvalue weighted by atomic mass is 10.1. The molecule has 2 N–H and O–H groups in total. The smallest absolute Gasteiger partial charge is 0.141 e. The van der Waals surface area contributed by atoms with Gasteiger partial charge in [-0.25, -0.2) is 4.39 Å². The van der Waals surface area contributed by atoms with Gasteiger partial charge in [-0.1, -0.05) is 30.4 Å². The molecule has 5 heteroatoms. The van der Waals surface area contributed by atoms with Crippen molar-refractivity contribution in [2.75, 3.05) is 0 Å². The van der Waals surface area contributed by atoms with Gasteiger partial charge in [-0.05, 0) is 39.7 Å². The van der Waals surface area contributed by atoms with Crippen LogP contribution < -0.4 is 10.5 Å². The van der Waals surface area contributed by atoms with Crippen molar-refractivity contribution in [3.8, 4) is 5.75 Å². The molecular weight excluding hydrogens is 329 g/mol. The van der Waals surface area contributed by atoms with E-state index in [1.54, 1.807) is 12.1 Å². The van der Waals surface area contributed by atoms with E-state index < -0.39 is 0 Å². The van der Waals surface area contributed by atoms with Crippen molar-refractivity contribution in [3.05, 3.63) is 63.9 Å². The van der Waals surface area contributed by atoms with E-state index in [1.165, 1.54) is 6.07 Å². The fraction of sp³-hybridized carbons (Fsp3) is 0.0714. The minimum atomic E-state index is -0.352. The monoisotopic (exact) mass is 339 g/mol. The molecule has 2 aromatic rings. The molecule has 0 radical (unpaired) electrons. The van der Waals surface area contributed by atoms with Crippen LogP contribution in [0, 0.1) is 5.82 Å². The number of hydrogen-bond acceptors (Lipinski definition) is 2. The Bertz CT molecular complexity index is 618. The average Bonchev–Trinajstić information content (AvgIpc) is 2.40. The predicted octanol–water partition coefficient (Wildman–Crippen LogP) is 3.80. The quantitative estimate of drug-likeness (QED) is 0.860. The highest BCUT2D eigenvalue weighted by atomic mass is 79.9. The molecule has 0 aliphatic carbocycles. The summed E-state index contributed by atoms with van der Waals surface area (Å²) in [5.74, 6) is 0.121. The molecule has 0 aliphatic heterocycles. The Balaban J connectivity index is 2.07. The van der Waals surface area contributed by atoms with Crippen molar-refractivity contribution >= 4 is 33.1 Å². The van der Waals surface area contributed by atoms with E-state index in [9.17, 15) is 4.39 Å². The van der Waals surface area contributed by atoms with Gasteiger partial charge < -0.3 is 10.5 Å². The second-order valence-corrected chi connectivity index (χ2v) is 5.22. The molecule has 0 aromatic heterocycles. The van der Waals surface area contributed by atoms with Gasteiger partial charge in [-0.3, -0.25) is 0 Å². The molecule has 0 saturated heterocycles. The fourth-order valence-electron chi connectivity index (χ4n) is 1.55. The largest absolute Gasteiger partial charge is 0.489 e. The third kappa shape index (κ3) is 3.75. The Hall–Kier alpha value is -1.46. The Labute approximate surface area is 124 Å². The first-order chi connectivity index (χ1) is 9.06. The van der Waals surface area contributed by atoms with E-state index in [-0.39, 0.29) is 5.82 Å². The van der Waals surface area contributed by atoms with Gasteiger partial charge in [0.05, 0.1) is 4.47 Å². The standard InChI is InChI=1S/C14H11BrFNOS/c15-12-5-4-11(7-13(12)16)18-8-9-2-1-3-10(6-9)14(17)19/h1-7H,8H2,(H2,17,19). The molecule has 0 unspecified atom stereocenters. The van der Waals surface area contributed by atoms with Crippen molar-refractivity contribution in [2.45, 2.75) is 6.61 Å². The average molecular weight is 340 g/mol. The molecule has 2 aromatic carbocycles. The van der Waals surface area contributed by atoms with Crippen molar-refractivity contribution in [1.82, 2.24) is 0 Å². The fourth-order valence-corrected chi connectivity index (χ4v) is 1.92. The van der Waals surface area contributed by atoms with E-state index in [1.807, 2.05) is 24.3 Å². The molecule has 0 spiro atoms. The van der Waals surface area contributed by atoms with E-state index in [0.29, 0.717) is 21.8 Å². The summed E-state index contributed by atoms with van der Waals surface area (Å²) in [5, 5.41) is 0. The number of rotatable bonds is 4. The summed E-state index contributed by atoms with van der Waals surface area (Å²) in [6, 6.07) is 12.1. The summed E-state index contributed by atoms with van der Waals surface area (Å²) in [7, 11) is 0. The van der Waals surface area contributed by atoms with E-state index in [2.05, 4.69) is 15.9 Å². The lowest BCUT2D eigenvalue weighted by molar-refractivity contribution is 0.304. The summed E-state index contributed by atoms with van der Waals surface area (Å²) in [6.45, 7) is 0.331. The van der Waals surface area contributed by atoms with Crippen LogP contribution in [0.4, 0.5) is 4.39 Å². The molecule has 98 valence electrons. The number of ether oxygens (including phenoxy) is 1. The van der Waals surface area contributed by atoms with Gasteiger partial charge >= 0.3 is 0 Å². The van der Waals surface area contributed by atoms with Crippen LogP contribution in [0.5, 0.6) is 5.75 Å². The zero-order chi connectivity index (χ0) is 13.8. The molecule has 0 amide bonds. The first-order valence-corrected chi connectivity index (χ1v) is 6.73. The van der Waals surface area contributed by atoms with Gasteiger partial charge in [0, 0.05) is 11.6 Å². The Kier molecular flexibility index (Phi) is 4.50. The van der Waals surface area contributed by atoms with Gasteiger partial charge in [-0.15, -0.1) is 0 Å². The number of benzene rings is 2. The van der Waals surface area contributed by atoms with Gasteiger partial charge in [0.2, 0.25) is 0 Å². The van der Waals surface area contributed by atoms with Gasteiger partial charge in [0.1, 0.15) is 23.2 Å². The number of hydrogen-bond donors (Lipinski definition) is 1. The molecule has 19 heavy (non-hydrogen) atoms. The maximum atomic E-state index is 13.3. The van der Waals surface area contributed by atoms with Crippen LogP contribution in [0.3, 0.4) is 0 Å². The van der Waals surface area contributed by atoms with Crippen LogP contribution in [-0.2, 0) is 6.61 Å². The molecule has 0 fully saturated rings. The topological polar surface area (TPSA) is 35.2 Å². The van der Waals surface area contributed by atoms with Gasteiger partial charge in [0.25, 0.3) is 0 Å². The van der Waals surface area contributed by atoms with Crippen LogP contribution in [-0.4, -0.2) is 4.99 Å². The Morgan fingerprint density at radius 2 is 2.05 bits per heavy atom. The summed E-state index contributed by atoms with van der Waals surface area (Å²) in [6.07, 6.45) is 0. The summed E-state index contributed by atoms with van der Waals surface area (Å²) in [5.41, 5.74) is 7.28. The van der Waals surface area contributed by atoms with E-state index in [4.69, 9.17) is 22.7 Å². The second-order valence-electron chi connectivity index (χ2n) is 3.93. The highest BCUT2D eigenvalue weighted by molar-refractivity contribution is 9.10. The zero-order valence-electron chi connectivity index (χ0n) is 9.90. The molecule has 0 saturated carbocycles. The zero-order valence-corrected chi connectivity index (χ0v) is 12.3. The molecule has 0 atom stereocenters. The minimum absolute atomic E-state index is 0.331. The van der Waals surface area contributed by atoms with Crippen molar-refractivity contribution in [1.29, 1.82) is 0 Å². The van der Waals surface area contributed by atoms with Crippen LogP contribution in [0.2, 0.25) is 0 Å². The number of nitrogens with two attached hydrogens (primary N) is 1. The maximum Gasteiger partial charge on any atom is 0.141 e. The highest BCUT2D eigenvalue weighted by Gasteiger charge is 2.03. The molecule has 2 nitrogen and oxygen atoms in total. The molecule has 0 bridgehead atoms. The van der Waals surface area contributed by atoms with Crippen LogP contribution in [0.1, 0.15) is 11.1 Å². The van der Waals surface area contributed by atoms with Crippen LogP contribution in [0.15, 0.2) is 46.9 Å². The van der Waals surface area contributed by atoms with Crippen molar-refractivity contribution in [3.63, 3.8) is 0 Å². The third-order valence-corrected chi connectivity index (χ3v) is 3.39. The SMILES string of the molecule is NC(=S)c1cccc(COc2ccc(Br)c(F)c2)c1. The Morgan fingerprint density at radius 3 is 2.74 bits per heavy atom. The summed E-state index contributed by atoms with van der Waals surface area (Å²) < 4.78 is 19.2. The van der Waals surface area contributed by atoms with Crippen molar-refractivity contribution < 1.29 is 9.13 Å². The van der Waals surface area contributed by atoms with Gasteiger partial charge in [-0.2, -0.15) is 0 Å². The predicted molar refractivity (Wildman–Crippen MR) is 80.8 cm³/mol. The minimum Gasteiger partial charge on any atom is -0.489 e. The lowest BCUT2D eigenvalue weighted by Crippen LogP contribution is -2.09. The third-order valence-electron chi connectivity index (χ3n) is 2.51. The lowest BCUT2D eigenvalue weighted by Gasteiger charge is -2.08. The number of halogens is 2. The summed E-state index contributed by atoms with van der Waals surface area (Å²) >= 11 is 8.00. The Morgan fingerprint density at radius 1 is 1.26 bits per heavy atom. The number of thiocarbonyl (C=S) groups is 1. The normalized spacial score (nSPS) is 10.2. The van der Waals surface area contributed by atoms with E-state index in [0.717, 1.165) is 11.1 Å². The highest BCUT2D eigenvalue weighted by Crippen LogP contribution is 2.21.